The number of ether oxygens (including phenoxy) is 3. The minimum Gasteiger partial charge on any atom is -0.481 e. The number of carboxylic acids is 1. The molecule has 0 heterocycles. The van der Waals surface area contributed by atoms with Crippen molar-refractivity contribution >= 4 is 35.9 Å². The maximum atomic E-state index is 12.7. The highest BCUT2D eigenvalue weighted by Crippen LogP contribution is 2.14. The van der Waals surface area contributed by atoms with Crippen molar-refractivity contribution in [3.63, 3.8) is 0 Å². The van der Waals surface area contributed by atoms with Crippen LogP contribution in [0.4, 0.5) is 0 Å². The van der Waals surface area contributed by atoms with Gasteiger partial charge in [-0.05, 0) is 44.9 Å². The van der Waals surface area contributed by atoms with Crippen LogP contribution in [0.15, 0.2) is 0 Å². The molecule has 0 saturated heterocycles. The molecule has 0 aromatic heterocycles. The topological polar surface area (TPSA) is 212 Å². The molecule has 0 aliphatic rings. The van der Waals surface area contributed by atoms with Gasteiger partial charge in [-0.1, -0.05) is 103 Å². The SMILES string of the molecule is CCCCOC(=O)[C@H](CCC(=O)NCCOCCOCC(=O)NCCCC[C@H](N)C=O)NC(=O)CCCCCCCCCCCCCCCCCCC(=O)O. The zero-order chi connectivity index (χ0) is 40.6. The van der Waals surface area contributed by atoms with Crippen molar-refractivity contribution in [1.29, 1.82) is 0 Å². The molecule has 0 aromatic rings. The molecule has 6 N–H and O–H groups in total. The summed E-state index contributed by atoms with van der Waals surface area (Å²) >= 11 is 0. The van der Waals surface area contributed by atoms with Crippen molar-refractivity contribution in [2.24, 2.45) is 5.73 Å². The van der Waals surface area contributed by atoms with E-state index in [1.54, 1.807) is 0 Å². The number of amides is 3. The highest BCUT2D eigenvalue weighted by atomic mass is 16.5. The van der Waals surface area contributed by atoms with Crippen molar-refractivity contribution < 1.29 is 48.1 Å². The molecule has 320 valence electrons. The number of aliphatic carboxylic acids is 1. The monoisotopic (exact) mass is 785 g/mol. The summed E-state index contributed by atoms with van der Waals surface area (Å²) in [6.07, 6.45) is 23.4. The molecule has 0 rings (SSSR count). The van der Waals surface area contributed by atoms with Crippen LogP contribution in [-0.4, -0.2) is 99.3 Å². The molecule has 0 aliphatic heterocycles. The summed E-state index contributed by atoms with van der Waals surface area (Å²) in [5.74, 6) is -1.92. The van der Waals surface area contributed by atoms with E-state index in [2.05, 4.69) is 16.0 Å². The van der Waals surface area contributed by atoms with Crippen LogP contribution in [-0.2, 0) is 43.0 Å². The Bertz CT molecular complexity index is 1000. The zero-order valence-electron chi connectivity index (χ0n) is 34.1. The van der Waals surface area contributed by atoms with Crippen molar-refractivity contribution in [2.45, 2.75) is 180 Å². The van der Waals surface area contributed by atoms with E-state index in [1.165, 1.54) is 57.8 Å². The van der Waals surface area contributed by atoms with E-state index in [4.69, 9.17) is 25.1 Å². The maximum Gasteiger partial charge on any atom is 0.328 e. The first-order valence-corrected chi connectivity index (χ1v) is 21.3. The van der Waals surface area contributed by atoms with Crippen molar-refractivity contribution in [3.8, 4) is 0 Å². The summed E-state index contributed by atoms with van der Waals surface area (Å²) in [5.41, 5.74) is 5.53. The first-order chi connectivity index (χ1) is 26.7. The molecule has 55 heavy (non-hydrogen) atoms. The number of carboxylic acid groups (broad SMARTS) is 1. The Labute approximate surface area is 330 Å². The van der Waals surface area contributed by atoms with E-state index >= 15 is 0 Å². The summed E-state index contributed by atoms with van der Waals surface area (Å²) in [6, 6.07) is -1.33. The third-order valence-corrected chi connectivity index (χ3v) is 9.20. The van der Waals surface area contributed by atoms with Gasteiger partial charge in [0.25, 0.3) is 0 Å². The lowest BCUT2D eigenvalue weighted by Crippen LogP contribution is -2.42. The number of nitrogens with two attached hydrogens (primary N) is 1. The van der Waals surface area contributed by atoms with Gasteiger partial charge < -0.3 is 45.8 Å². The van der Waals surface area contributed by atoms with Crippen molar-refractivity contribution in [2.75, 3.05) is 46.1 Å². The van der Waals surface area contributed by atoms with Crippen LogP contribution in [0.2, 0.25) is 0 Å². The van der Waals surface area contributed by atoms with E-state index < -0.39 is 24.0 Å². The molecule has 0 bridgehead atoms. The predicted molar refractivity (Wildman–Crippen MR) is 213 cm³/mol. The Balaban J connectivity index is 3.98. The number of carbonyl (C=O) groups is 6. The van der Waals surface area contributed by atoms with Crippen LogP contribution < -0.4 is 21.7 Å². The fraction of sp³-hybridized carbons (Fsp3) is 0.854. The normalized spacial score (nSPS) is 12.1. The molecule has 0 spiro atoms. The number of hydrogen-bond donors (Lipinski definition) is 5. The number of nitrogens with one attached hydrogen (secondary N) is 3. The summed E-state index contributed by atoms with van der Waals surface area (Å²) in [7, 11) is 0. The highest BCUT2D eigenvalue weighted by Gasteiger charge is 2.23. The van der Waals surface area contributed by atoms with Crippen molar-refractivity contribution in [3.05, 3.63) is 0 Å². The van der Waals surface area contributed by atoms with Gasteiger partial charge in [0.15, 0.2) is 0 Å². The van der Waals surface area contributed by atoms with E-state index in [0.29, 0.717) is 25.7 Å². The first kappa shape index (κ1) is 51.9. The summed E-state index contributed by atoms with van der Waals surface area (Å²) in [4.78, 5) is 70.6. The second-order valence-electron chi connectivity index (χ2n) is 14.4. The van der Waals surface area contributed by atoms with Crippen LogP contribution in [0.1, 0.15) is 167 Å². The molecule has 2 atom stereocenters. The standard InChI is InChI=1S/C41H76N4O10/c1-2-3-29-55-41(52)36(25-26-37(47)44-28-30-53-31-32-54-34-39(49)43-27-21-20-22-35(42)33-46)45-38(48)23-18-16-14-12-10-8-6-4-5-7-9-11-13-15-17-19-24-40(50)51/h33,35-36H,2-32,34,42H2,1H3,(H,43,49)(H,44,47)(H,45,48)(H,50,51)/t35-,36-/m0/s1. The van der Waals surface area contributed by atoms with Gasteiger partial charge in [-0.3, -0.25) is 19.2 Å². The third kappa shape index (κ3) is 37.6. The van der Waals surface area contributed by atoms with E-state index in [0.717, 1.165) is 70.6 Å². The van der Waals surface area contributed by atoms with E-state index in [9.17, 15) is 28.8 Å². The number of unbranched alkanes of at least 4 members (excludes halogenated alkanes) is 17. The smallest absolute Gasteiger partial charge is 0.328 e. The van der Waals surface area contributed by atoms with Gasteiger partial charge in [0.1, 0.15) is 18.9 Å². The minimum absolute atomic E-state index is 0.0491. The van der Waals surface area contributed by atoms with Crippen LogP contribution in [0, 0.1) is 0 Å². The number of rotatable bonds is 41. The minimum atomic E-state index is -0.878. The lowest BCUT2D eigenvalue weighted by Gasteiger charge is -2.18. The number of aldehydes is 1. The Morgan fingerprint density at radius 3 is 1.69 bits per heavy atom. The first-order valence-electron chi connectivity index (χ1n) is 21.3. The van der Waals surface area contributed by atoms with Gasteiger partial charge in [0.2, 0.25) is 17.7 Å². The number of hydrogen-bond acceptors (Lipinski definition) is 10. The maximum absolute atomic E-state index is 12.7. The van der Waals surface area contributed by atoms with Crippen LogP contribution in [0.25, 0.3) is 0 Å². The molecule has 0 saturated carbocycles. The van der Waals surface area contributed by atoms with Crippen LogP contribution >= 0.6 is 0 Å². The van der Waals surface area contributed by atoms with Gasteiger partial charge in [-0.15, -0.1) is 0 Å². The average molecular weight is 785 g/mol. The van der Waals surface area contributed by atoms with Gasteiger partial charge in [0, 0.05) is 32.4 Å². The molecule has 0 fully saturated rings. The molecule has 14 nitrogen and oxygen atoms in total. The second kappa shape index (κ2) is 39.1. The van der Waals surface area contributed by atoms with E-state index in [1.807, 2.05) is 6.92 Å². The summed E-state index contributed by atoms with van der Waals surface area (Å²) in [6.45, 7) is 3.68. The fourth-order valence-electron chi connectivity index (χ4n) is 5.83. The largest absolute Gasteiger partial charge is 0.481 e. The fourth-order valence-corrected chi connectivity index (χ4v) is 5.83. The lowest BCUT2D eigenvalue weighted by molar-refractivity contribution is -0.148. The quantitative estimate of drug-likeness (QED) is 0.0290. The van der Waals surface area contributed by atoms with Crippen LogP contribution in [0.3, 0.4) is 0 Å². The Kier molecular flexibility index (Phi) is 36.9. The van der Waals surface area contributed by atoms with Gasteiger partial charge in [-0.2, -0.15) is 0 Å². The summed E-state index contributed by atoms with van der Waals surface area (Å²) < 4.78 is 16.1. The average Bonchev–Trinajstić information content (AvgIpc) is 3.16. The molecule has 0 aromatic carbocycles. The Morgan fingerprint density at radius 2 is 1.13 bits per heavy atom. The van der Waals surface area contributed by atoms with Gasteiger partial charge >= 0.3 is 11.9 Å². The Hall–Kier alpha value is -3.10. The molecule has 3 amide bonds. The molecular formula is C41H76N4O10. The number of esters is 1. The van der Waals surface area contributed by atoms with Crippen LogP contribution in [0.5, 0.6) is 0 Å². The highest BCUT2D eigenvalue weighted by molar-refractivity contribution is 5.85. The van der Waals surface area contributed by atoms with Gasteiger partial charge in [-0.25, -0.2) is 4.79 Å². The van der Waals surface area contributed by atoms with E-state index in [-0.39, 0.29) is 76.6 Å². The predicted octanol–water partition coefficient (Wildman–Crippen LogP) is 5.66. The van der Waals surface area contributed by atoms with Crippen molar-refractivity contribution in [1.82, 2.24) is 16.0 Å². The Morgan fingerprint density at radius 1 is 0.582 bits per heavy atom. The zero-order valence-corrected chi connectivity index (χ0v) is 34.1. The molecule has 14 heteroatoms. The molecule has 0 aliphatic carbocycles. The third-order valence-electron chi connectivity index (χ3n) is 9.20. The molecule has 0 radical (unpaired) electrons. The summed E-state index contributed by atoms with van der Waals surface area (Å²) in [5, 5.41) is 16.9. The molecular weight excluding hydrogens is 708 g/mol. The lowest BCUT2D eigenvalue weighted by atomic mass is 10.0. The second-order valence-corrected chi connectivity index (χ2v) is 14.4. The van der Waals surface area contributed by atoms with Gasteiger partial charge in [0.05, 0.1) is 32.5 Å². The molecule has 0 unspecified atom stereocenters. The number of carbonyl (C=O) groups excluding carboxylic acids is 5.